The summed E-state index contributed by atoms with van der Waals surface area (Å²) < 4.78 is 5.54. The van der Waals surface area contributed by atoms with Crippen molar-refractivity contribution in [3.63, 3.8) is 0 Å². The highest BCUT2D eigenvalue weighted by Crippen LogP contribution is 2.49. The van der Waals surface area contributed by atoms with Crippen molar-refractivity contribution in [3.8, 4) is 11.5 Å². The van der Waals surface area contributed by atoms with Gasteiger partial charge in [-0.15, -0.1) is 0 Å². The second-order valence-electron chi connectivity index (χ2n) is 7.93. The molecule has 0 radical (unpaired) electrons. The zero-order valence-electron chi connectivity index (χ0n) is 17.8. The van der Waals surface area contributed by atoms with Gasteiger partial charge in [-0.1, -0.05) is 78.9 Å². The number of carbonyl (C=O) groups excluding carboxylic acids is 2. The van der Waals surface area contributed by atoms with Gasteiger partial charge in [0.15, 0.2) is 5.76 Å². The molecule has 0 aliphatic heterocycles. The molecule has 0 bridgehead atoms. The molecule has 1 aliphatic rings. The van der Waals surface area contributed by atoms with Crippen LogP contribution in [-0.4, -0.2) is 22.0 Å². The number of ether oxygens (including phenoxy) is 1. The lowest BCUT2D eigenvalue weighted by Gasteiger charge is -2.25. The van der Waals surface area contributed by atoms with E-state index in [9.17, 15) is 19.8 Å². The van der Waals surface area contributed by atoms with E-state index in [4.69, 9.17) is 4.74 Å². The molecular formula is C28H20O5. The van der Waals surface area contributed by atoms with Gasteiger partial charge in [0.1, 0.15) is 11.5 Å². The number of rotatable bonds is 4. The third kappa shape index (κ3) is 3.34. The van der Waals surface area contributed by atoms with Gasteiger partial charge in [0.05, 0.1) is 11.1 Å². The average Bonchev–Trinajstić information content (AvgIpc) is 2.82. The quantitative estimate of drug-likeness (QED) is 0.415. The molecule has 5 nitrogen and oxygen atoms in total. The van der Waals surface area contributed by atoms with E-state index in [2.05, 4.69) is 0 Å². The van der Waals surface area contributed by atoms with Crippen LogP contribution in [0.4, 0.5) is 0 Å². The highest BCUT2D eigenvalue weighted by atomic mass is 16.5. The Morgan fingerprint density at radius 2 is 1.52 bits per heavy atom. The van der Waals surface area contributed by atoms with Crippen molar-refractivity contribution < 1.29 is 24.5 Å². The smallest absolute Gasteiger partial charge is 0.308 e. The van der Waals surface area contributed by atoms with E-state index in [1.54, 1.807) is 42.5 Å². The average molecular weight is 436 g/mol. The predicted octanol–water partition coefficient (Wildman–Crippen LogP) is 5.47. The Balaban J connectivity index is 1.84. The molecule has 0 heterocycles. The largest absolute Gasteiger partial charge is 0.507 e. The Kier molecular flexibility index (Phi) is 4.94. The van der Waals surface area contributed by atoms with Crippen molar-refractivity contribution in [2.75, 3.05) is 0 Å². The Labute approximate surface area is 190 Å². The van der Waals surface area contributed by atoms with Crippen LogP contribution in [-0.2, 0) is 16.0 Å². The highest BCUT2D eigenvalue weighted by molar-refractivity contribution is 6.41. The minimum absolute atomic E-state index is 0.0964. The molecule has 33 heavy (non-hydrogen) atoms. The molecule has 2 N–H and O–H groups in total. The zero-order valence-corrected chi connectivity index (χ0v) is 17.8. The third-order valence-corrected chi connectivity index (χ3v) is 5.84. The summed E-state index contributed by atoms with van der Waals surface area (Å²) in [7, 11) is 0. The van der Waals surface area contributed by atoms with E-state index in [1.165, 1.54) is 6.92 Å². The third-order valence-electron chi connectivity index (χ3n) is 5.84. The summed E-state index contributed by atoms with van der Waals surface area (Å²) in [6, 6.07) is 23.5. The van der Waals surface area contributed by atoms with Crippen LogP contribution >= 0.6 is 0 Å². The molecule has 0 spiro atoms. The molecule has 0 unspecified atom stereocenters. The molecule has 0 fully saturated rings. The number of allylic oxidation sites excluding steroid dienone is 1. The fourth-order valence-electron chi connectivity index (χ4n) is 4.42. The number of esters is 1. The first kappa shape index (κ1) is 20.5. The molecule has 4 aromatic carbocycles. The van der Waals surface area contributed by atoms with Crippen molar-refractivity contribution in [2.45, 2.75) is 13.3 Å². The monoisotopic (exact) mass is 436 g/mol. The summed E-state index contributed by atoms with van der Waals surface area (Å²) in [4.78, 5) is 25.8. The summed E-state index contributed by atoms with van der Waals surface area (Å²) in [5.74, 6) is -1.29. The van der Waals surface area contributed by atoms with Gasteiger partial charge in [0.25, 0.3) is 0 Å². The van der Waals surface area contributed by atoms with E-state index in [1.807, 2.05) is 36.4 Å². The van der Waals surface area contributed by atoms with Crippen LogP contribution in [0.15, 0.2) is 78.9 Å². The number of phenols is 2. The maximum atomic E-state index is 13.8. The maximum Gasteiger partial charge on any atom is 0.308 e. The first-order chi connectivity index (χ1) is 16.0. The van der Waals surface area contributed by atoms with E-state index < -0.39 is 11.8 Å². The molecule has 0 saturated heterocycles. The van der Waals surface area contributed by atoms with Gasteiger partial charge in [-0.25, -0.2) is 0 Å². The van der Waals surface area contributed by atoms with Crippen molar-refractivity contribution >= 4 is 33.9 Å². The second-order valence-corrected chi connectivity index (χ2v) is 7.93. The topological polar surface area (TPSA) is 83.8 Å². The van der Waals surface area contributed by atoms with E-state index in [0.29, 0.717) is 21.9 Å². The minimum atomic E-state index is -0.569. The van der Waals surface area contributed by atoms with Crippen LogP contribution in [0.3, 0.4) is 0 Å². The Bertz CT molecular complexity index is 1450. The second kappa shape index (κ2) is 7.95. The SMILES string of the molecule is CC(=O)OC1=C(c2ccccc2)C(=O)c2c(O)c(Cc3ccccc3)c(O)c3cccc1c23. The van der Waals surface area contributed by atoms with Crippen LogP contribution in [0, 0.1) is 0 Å². The summed E-state index contributed by atoms with van der Waals surface area (Å²) in [5, 5.41) is 23.2. The summed E-state index contributed by atoms with van der Waals surface area (Å²) in [5.41, 5.74) is 2.48. The fraction of sp³-hybridized carbons (Fsp3) is 0.0714. The van der Waals surface area contributed by atoms with Crippen molar-refractivity contribution in [3.05, 3.63) is 107 Å². The lowest BCUT2D eigenvalue weighted by molar-refractivity contribution is -0.134. The van der Waals surface area contributed by atoms with Gasteiger partial charge in [-0.2, -0.15) is 0 Å². The van der Waals surface area contributed by atoms with Crippen LogP contribution in [0.1, 0.15) is 39.5 Å². The number of Topliss-reactive ketones (excluding diaryl/α,β-unsaturated/α-hetero) is 1. The van der Waals surface area contributed by atoms with Gasteiger partial charge in [0.2, 0.25) is 5.78 Å². The first-order valence-corrected chi connectivity index (χ1v) is 10.5. The lowest BCUT2D eigenvalue weighted by Crippen LogP contribution is -2.16. The molecule has 5 heteroatoms. The number of hydrogen-bond donors (Lipinski definition) is 2. The summed E-state index contributed by atoms with van der Waals surface area (Å²) >= 11 is 0. The molecule has 0 aromatic heterocycles. The maximum absolute atomic E-state index is 13.8. The number of ketones is 1. The van der Waals surface area contributed by atoms with Crippen LogP contribution in [0.5, 0.6) is 11.5 Å². The predicted molar refractivity (Wildman–Crippen MR) is 126 cm³/mol. The van der Waals surface area contributed by atoms with Gasteiger partial charge < -0.3 is 14.9 Å². The van der Waals surface area contributed by atoms with Crippen LogP contribution in [0.25, 0.3) is 22.1 Å². The normalized spacial score (nSPS) is 12.8. The molecule has 1 aliphatic carbocycles. The highest BCUT2D eigenvalue weighted by Gasteiger charge is 2.35. The minimum Gasteiger partial charge on any atom is -0.507 e. The number of aromatic hydroxyl groups is 2. The Morgan fingerprint density at radius 3 is 2.18 bits per heavy atom. The molecule has 4 aromatic rings. The van der Waals surface area contributed by atoms with Gasteiger partial charge in [0, 0.05) is 35.2 Å². The van der Waals surface area contributed by atoms with Crippen LogP contribution in [0.2, 0.25) is 0 Å². The van der Waals surface area contributed by atoms with E-state index in [-0.39, 0.29) is 40.4 Å². The number of benzene rings is 4. The molecule has 5 rings (SSSR count). The van der Waals surface area contributed by atoms with E-state index >= 15 is 0 Å². The molecule has 162 valence electrons. The van der Waals surface area contributed by atoms with E-state index in [0.717, 1.165) is 5.56 Å². The molecular weight excluding hydrogens is 416 g/mol. The van der Waals surface area contributed by atoms with Crippen molar-refractivity contribution in [1.29, 1.82) is 0 Å². The number of phenolic OH excluding ortho intramolecular Hbond substituents is 2. The summed E-state index contributed by atoms with van der Waals surface area (Å²) in [6.07, 6.45) is 0.250. The standard InChI is InChI=1S/C28H20O5/c1-16(29)33-28-20-14-8-13-19-23(20)24(27(32)22(28)18-11-6-3-7-12-18)26(31)21(25(19)30)15-17-9-4-2-5-10-17/h2-14,30-31H,15H2,1H3. The van der Waals surface area contributed by atoms with Crippen molar-refractivity contribution in [1.82, 2.24) is 0 Å². The van der Waals surface area contributed by atoms with Crippen LogP contribution < -0.4 is 0 Å². The summed E-state index contributed by atoms with van der Waals surface area (Å²) in [6.45, 7) is 1.27. The Morgan fingerprint density at radius 1 is 0.848 bits per heavy atom. The first-order valence-electron chi connectivity index (χ1n) is 10.5. The van der Waals surface area contributed by atoms with Gasteiger partial charge in [-0.3, -0.25) is 9.59 Å². The number of carbonyl (C=O) groups is 2. The number of hydrogen-bond acceptors (Lipinski definition) is 5. The molecule has 0 amide bonds. The molecule has 0 atom stereocenters. The lowest BCUT2D eigenvalue weighted by atomic mass is 9.81. The van der Waals surface area contributed by atoms with Crippen molar-refractivity contribution in [2.24, 2.45) is 0 Å². The Hall–Kier alpha value is -4.38. The van der Waals surface area contributed by atoms with Gasteiger partial charge >= 0.3 is 5.97 Å². The zero-order chi connectivity index (χ0) is 23.1. The fourth-order valence-corrected chi connectivity index (χ4v) is 4.42. The molecule has 0 saturated carbocycles. The van der Waals surface area contributed by atoms with Gasteiger partial charge in [-0.05, 0) is 11.1 Å².